The van der Waals surface area contributed by atoms with E-state index in [2.05, 4.69) is 33.8 Å². The van der Waals surface area contributed by atoms with Gasteiger partial charge in [0, 0.05) is 12.1 Å². The molecular weight excluding hydrogens is 390 g/mol. The molecule has 31 heavy (non-hydrogen) atoms. The Morgan fingerprint density at radius 2 is 1.81 bits per heavy atom. The van der Waals surface area contributed by atoms with E-state index in [0.29, 0.717) is 5.82 Å². The van der Waals surface area contributed by atoms with Crippen LogP contribution in [0.3, 0.4) is 0 Å². The van der Waals surface area contributed by atoms with E-state index in [-0.39, 0.29) is 24.0 Å². The van der Waals surface area contributed by atoms with Crippen molar-refractivity contribution in [3.8, 4) is 11.1 Å². The highest BCUT2D eigenvalue weighted by atomic mass is 16.6. The number of pyridine rings is 1. The Labute approximate surface area is 183 Å². The van der Waals surface area contributed by atoms with E-state index >= 15 is 0 Å². The standard InChI is InChI=1S/C25H31N3O3/c1-25(2,3)31-24(30)27-21-7-5-4-6-19-14-17(10-11-20(19)21)18-12-13-26-22(15-18)28-23(29)16-8-9-16/h10-16,21H,4-9H2,1-3H3,(H,27,30)(H,26,28,29). The predicted octanol–water partition coefficient (Wildman–Crippen LogP) is 5.39. The zero-order valence-corrected chi connectivity index (χ0v) is 18.5. The first-order valence-corrected chi connectivity index (χ1v) is 11.2. The molecule has 2 N–H and O–H groups in total. The van der Waals surface area contributed by atoms with Gasteiger partial charge in [0.2, 0.25) is 5.91 Å². The molecular formula is C25H31N3O3. The summed E-state index contributed by atoms with van der Waals surface area (Å²) in [4.78, 5) is 28.7. The second-order valence-electron chi connectivity index (χ2n) is 9.55. The molecule has 0 spiro atoms. The van der Waals surface area contributed by atoms with Gasteiger partial charge in [-0.25, -0.2) is 9.78 Å². The van der Waals surface area contributed by atoms with Crippen LogP contribution in [0, 0.1) is 5.92 Å². The SMILES string of the molecule is CC(C)(C)OC(=O)NC1CCCCc2cc(-c3ccnc(NC(=O)C4CC4)c3)ccc21. The maximum atomic E-state index is 12.3. The smallest absolute Gasteiger partial charge is 0.408 e. The van der Waals surface area contributed by atoms with Crippen LogP contribution in [0.5, 0.6) is 0 Å². The number of carbonyl (C=O) groups excluding carboxylic acids is 2. The van der Waals surface area contributed by atoms with Gasteiger partial charge in [0.1, 0.15) is 11.4 Å². The number of hydrogen-bond acceptors (Lipinski definition) is 4. The molecule has 1 aromatic carbocycles. The minimum atomic E-state index is -0.518. The molecule has 1 saturated carbocycles. The van der Waals surface area contributed by atoms with Crippen LogP contribution >= 0.6 is 0 Å². The van der Waals surface area contributed by atoms with Crippen molar-refractivity contribution in [1.29, 1.82) is 0 Å². The summed E-state index contributed by atoms with van der Waals surface area (Å²) in [5.74, 6) is 0.795. The normalized spacial score (nSPS) is 18.5. The van der Waals surface area contributed by atoms with Gasteiger partial charge in [-0.2, -0.15) is 0 Å². The van der Waals surface area contributed by atoms with Crippen molar-refractivity contribution in [1.82, 2.24) is 10.3 Å². The molecule has 6 heteroatoms. The number of hydrogen-bond donors (Lipinski definition) is 2. The molecule has 1 aromatic heterocycles. The lowest BCUT2D eigenvalue weighted by molar-refractivity contribution is -0.117. The largest absolute Gasteiger partial charge is 0.444 e. The Hall–Kier alpha value is -2.89. The summed E-state index contributed by atoms with van der Waals surface area (Å²) in [6.45, 7) is 5.61. The third-order valence-electron chi connectivity index (χ3n) is 5.69. The van der Waals surface area contributed by atoms with Crippen LogP contribution in [0.15, 0.2) is 36.5 Å². The van der Waals surface area contributed by atoms with Crippen molar-refractivity contribution in [3.63, 3.8) is 0 Å². The lowest BCUT2D eigenvalue weighted by Crippen LogP contribution is -2.35. The number of carbonyl (C=O) groups is 2. The van der Waals surface area contributed by atoms with E-state index in [1.54, 1.807) is 6.20 Å². The molecule has 0 radical (unpaired) electrons. The first-order chi connectivity index (χ1) is 14.8. The van der Waals surface area contributed by atoms with Gasteiger partial charge in [0.25, 0.3) is 0 Å². The molecule has 1 unspecified atom stereocenters. The van der Waals surface area contributed by atoms with E-state index in [4.69, 9.17) is 4.74 Å². The fraction of sp³-hybridized carbons (Fsp3) is 0.480. The molecule has 6 nitrogen and oxygen atoms in total. The molecule has 1 heterocycles. The summed E-state index contributed by atoms with van der Waals surface area (Å²) in [6.07, 6.45) is 7.31. The Morgan fingerprint density at radius 3 is 2.55 bits per heavy atom. The number of nitrogens with zero attached hydrogens (tertiary/aromatic N) is 1. The number of alkyl carbamates (subject to hydrolysis) is 1. The third-order valence-corrected chi connectivity index (χ3v) is 5.69. The van der Waals surface area contributed by atoms with E-state index in [9.17, 15) is 9.59 Å². The Bertz CT molecular complexity index is 976. The number of benzene rings is 1. The first kappa shape index (κ1) is 21.3. The molecule has 2 aromatic rings. The predicted molar refractivity (Wildman–Crippen MR) is 121 cm³/mol. The number of amides is 2. The van der Waals surface area contributed by atoms with Gasteiger partial charge in [0.15, 0.2) is 0 Å². The van der Waals surface area contributed by atoms with Crippen molar-refractivity contribution in [2.45, 2.75) is 70.9 Å². The van der Waals surface area contributed by atoms with Crippen LogP contribution < -0.4 is 10.6 Å². The molecule has 4 rings (SSSR count). The molecule has 0 saturated heterocycles. The van der Waals surface area contributed by atoms with E-state index < -0.39 is 5.60 Å². The zero-order chi connectivity index (χ0) is 22.0. The molecule has 0 bridgehead atoms. The molecule has 2 aliphatic rings. The fourth-order valence-corrected chi connectivity index (χ4v) is 4.01. The number of aromatic nitrogens is 1. The fourth-order valence-electron chi connectivity index (χ4n) is 4.01. The zero-order valence-electron chi connectivity index (χ0n) is 18.5. The summed E-state index contributed by atoms with van der Waals surface area (Å²) in [5, 5.41) is 5.98. The van der Waals surface area contributed by atoms with Crippen molar-refractivity contribution in [3.05, 3.63) is 47.7 Å². The average molecular weight is 422 g/mol. The summed E-state index contributed by atoms with van der Waals surface area (Å²) in [5.41, 5.74) is 3.99. The minimum absolute atomic E-state index is 0.0489. The van der Waals surface area contributed by atoms with Crippen molar-refractivity contribution >= 4 is 17.8 Å². The second kappa shape index (κ2) is 8.69. The highest BCUT2D eigenvalue weighted by Crippen LogP contribution is 2.33. The summed E-state index contributed by atoms with van der Waals surface area (Å²) < 4.78 is 5.46. The molecule has 1 atom stereocenters. The maximum absolute atomic E-state index is 12.3. The monoisotopic (exact) mass is 421 g/mol. The lowest BCUT2D eigenvalue weighted by Gasteiger charge is -2.24. The summed E-state index contributed by atoms with van der Waals surface area (Å²) >= 11 is 0. The van der Waals surface area contributed by atoms with E-state index in [0.717, 1.165) is 55.2 Å². The highest BCUT2D eigenvalue weighted by molar-refractivity contribution is 5.93. The van der Waals surface area contributed by atoms with E-state index in [1.165, 1.54) is 5.56 Å². The quantitative estimate of drug-likeness (QED) is 0.649. The minimum Gasteiger partial charge on any atom is -0.444 e. The van der Waals surface area contributed by atoms with Gasteiger partial charge < -0.3 is 15.4 Å². The second-order valence-corrected chi connectivity index (χ2v) is 9.55. The van der Waals surface area contributed by atoms with Gasteiger partial charge in [-0.05, 0) is 87.3 Å². The third kappa shape index (κ3) is 5.63. The Kier molecular flexibility index (Phi) is 5.99. The summed E-state index contributed by atoms with van der Waals surface area (Å²) in [7, 11) is 0. The average Bonchev–Trinajstić information content (AvgIpc) is 3.55. The number of aryl methyl sites for hydroxylation is 1. The van der Waals surface area contributed by atoms with Gasteiger partial charge in [0.05, 0.1) is 6.04 Å². The van der Waals surface area contributed by atoms with Gasteiger partial charge in [-0.15, -0.1) is 0 Å². The highest BCUT2D eigenvalue weighted by Gasteiger charge is 2.30. The lowest BCUT2D eigenvalue weighted by atomic mass is 9.94. The van der Waals surface area contributed by atoms with Crippen molar-refractivity contribution in [2.75, 3.05) is 5.32 Å². The van der Waals surface area contributed by atoms with Crippen LogP contribution in [0.25, 0.3) is 11.1 Å². The van der Waals surface area contributed by atoms with Crippen molar-refractivity contribution < 1.29 is 14.3 Å². The van der Waals surface area contributed by atoms with Crippen LogP contribution in [-0.2, 0) is 16.0 Å². The molecule has 1 fully saturated rings. The summed E-state index contributed by atoms with van der Waals surface area (Å²) in [6, 6.07) is 10.2. The van der Waals surface area contributed by atoms with Crippen LogP contribution in [0.1, 0.15) is 70.0 Å². The van der Waals surface area contributed by atoms with Crippen LogP contribution in [0.2, 0.25) is 0 Å². The van der Waals surface area contributed by atoms with Gasteiger partial charge in [-0.1, -0.05) is 24.6 Å². The van der Waals surface area contributed by atoms with Crippen LogP contribution in [-0.4, -0.2) is 22.6 Å². The molecule has 0 aliphatic heterocycles. The molecule has 164 valence electrons. The maximum Gasteiger partial charge on any atom is 0.408 e. The molecule has 2 amide bonds. The topological polar surface area (TPSA) is 80.3 Å². The Balaban J connectivity index is 1.54. The van der Waals surface area contributed by atoms with Crippen molar-refractivity contribution in [2.24, 2.45) is 5.92 Å². The van der Waals surface area contributed by atoms with Crippen LogP contribution in [0.4, 0.5) is 10.6 Å². The number of nitrogens with one attached hydrogen (secondary N) is 2. The number of ether oxygens (including phenoxy) is 1. The van der Waals surface area contributed by atoms with E-state index in [1.807, 2.05) is 32.9 Å². The Morgan fingerprint density at radius 1 is 1.03 bits per heavy atom. The first-order valence-electron chi connectivity index (χ1n) is 11.2. The van der Waals surface area contributed by atoms with Gasteiger partial charge >= 0.3 is 6.09 Å². The number of fused-ring (bicyclic) bond motifs is 1. The number of rotatable bonds is 4. The number of anilines is 1. The molecule has 2 aliphatic carbocycles. The van der Waals surface area contributed by atoms with Gasteiger partial charge in [-0.3, -0.25) is 4.79 Å².